The molecule has 2 rings (SSSR count). The fraction of sp³-hybridized carbons (Fsp3) is 0.167. The summed E-state index contributed by atoms with van der Waals surface area (Å²) in [6.45, 7) is 1.88. The van der Waals surface area contributed by atoms with Crippen molar-refractivity contribution in [2.45, 2.75) is 13.3 Å². The second kappa shape index (κ2) is 5.57. The molecule has 7 heteroatoms. The first-order valence-corrected chi connectivity index (χ1v) is 6.33. The molecular formula is C12H11N3O3S. The van der Waals surface area contributed by atoms with Gasteiger partial charge in [-0.3, -0.25) is 4.79 Å². The van der Waals surface area contributed by atoms with Crippen LogP contribution < -0.4 is 5.32 Å². The number of carbonyl (C=O) groups is 2. The van der Waals surface area contributed by atoms with Gasteiger partial charge in [0.1, 0.15) is 5.69 Å². The quantitative estimate of drug-likeness (QED) is 0.887. The molecule has 6 nitrogen and oxygen atoms in total. The summed E-state index contributed by atoms with van der Waals surface area (Å²) in [5.41, 5.74) is 1.12. The van der Waals surface area contributed by atoms with E-state index >= 15 is 0 Å². The Morgan fingerprint density at radius 3 is 2.74 bits per heavy atom. The first-order valence-electron chi connectivity index (χ1n) is 5.45. The van der Waals surface area contributed by atoms with Gasteiger partial charge in [0.25, 0.3) is 0 Å². The normalized spacial score (nSPS) is 10.2. The summed E-state index contributed by atoms with van der Waals surface area (Å²) in [4.78, 5) is 30.2. The molecule has 1 amide bonds. The summed E-state index contributed by atoms with van der Waals surface area (Å²) in [7, 11) is 0. The predicted octanol–water partition coefficient (Wildman–Crippen LogP) is 1.73. The van der Waals surface area contributed by atoms with E-state index in [9.17, 15) is 9.59 Å². The molecule has 0 atom stereocenters. The third-order valence-corrected chi connectivity index (χ3v) is 3.10. The van der Waals surface area contributed by atoms with E-state index in [4.69, 9.17) is 5.11 Å². The number of hydrogen-bond donors (Lipinski definition) is 2. The van der Waals surface area contributed by atoms with Crippen LogP contribution in [0.3, 0.4) is 0 Å². The molecule has 2 N–H and O–H groups in total. The summed E-state index contributed by atoms with van der Waals surface area (Å²) in [5, 5.41) is 14.1. The molecule has 0 radical (unpaired) electrons. The van der Waals surface area contributed by atoms with Gasteiger partial charge in [0.2, 0.25) is 5.91 Å². The van der Waals surface area contributed by atoms with Crippen molar-refractivity contribution >= 4 is 28.9 Å². The highest BCUT2D eigenvalue weighted by Crippen LogP contribution is 2.10. The van der Waals surface area contributed by atoms with E-state index in [1.807, 2.05) is 12.3 Å². The highest BCUT2D eigenvalue weighted by molar-refractivity contribution is 7.09. The van der Waals surface area contributed by atoms with Crippen LogP contribution in [0, 0.1) is 6.92 Å². The molecule has 2 aromatic heterocycles. The van der Waals surface area contributed by atoms with Gasteiger partial charge in [0.05, 0.1) is 29.0 Å². The number of carbonyl (C=O) groups excluding carboxylic acids is 1. The summed E-state index contributed by atoms with van der Waals surface area (Å²) in [6.07, 6.45) is 1.50. The van der Waals surface area contributed by atoms with E-state index < -0.39 is 5.97 Å². The van der Waals surface area contributed by atoms with Crippen LogP contribution in [0.15, 0.2) is 23.7 Å². The minimum absolute atomic E-state index is 0.0619. The van der Waals surface area contributed by atoms with E-state index in [2.05, 4.69) is 15.3 Å². The van der Waals surface area contributed by atoms with Gasteiger partial charge in [-0.15, -0.1) is 11.3 Å². The molecular weight excluding hydrogens is 266 g/mol. The molecule has 0 saturated carbocycles. The second-order valence-electron chi connectivity index (χ2n) is 3.82. The third kappa shape index (κ3) is 3.59. The smallest absolute Gasteiger partial charge is 0.354 e. The van der Waals surface area contributed by atoms with E-state index in [0.717, 1.165) is 10.7 Å². The third-order valence-electron chi connectivity index (χ3n) is 2.27. The van der Waals surface area contributed by atoms with Crippen molar-refractivity contribution in [2.75, 3.05) is 5.32 Å². The van der Waals surface area contributed by atoms with Crippen LogP contribution in [0.1, 0.15) is 21.2 Å². The highest BCUT2D eigenvalue weighted by Gasteiger charge is 2.08. The largest absolute Gasteiger partial charge is 0.477 e. The number of anilines is 1. The standard InChI is InChI=1S/C12H11N3O3S/c1-7-14-9(6-19-7)4-11(16)15-8-2-3-10(12(17)18)13-5-8/h2-3,5-6H,4H2,1H3,(H,15,16)(H,17,18). The molecule has 2 heterocycles. The topological polar surface area (TPSA) is 92.2 Å². The summed E-state index contributed by atoms with van der Waals surface area (Å²) in [5.74, 6) is -1.31. The maximum atomic E-state index is 11.7. The van der Waals surface area contributed by atoms with Crippen molar-refractivity contribution in [3.05, 3.63) is 40.1 Å². The van der Waals surface area contributed by atoms with Gasteiger partial charge >= 0.3 is 5.97 Å². The number of pyridine rings is 1. The van der Waals surface area contributed by atoms with Crippen LogP contribution in [-0.2, 0) is 11.2 Å². The number of nitrogens with one attached hydrogen (secondary N) is 1. The monoisotopic (exact) mass is 277 g/mol. The van der Waals surface area contributed by atoms with Gasteiger partial charge in [-0.2, -0.15) is 0 Å². The summed E-state index contributed by atoms with van der Waals surface area (Å²) < 4.78 is 0. The lowest BCUT2D eigenvalue weighted by Gasteiger charge is -2.03. The molecule has 0 aliphatic rings. The van der Waals surface area contributed by atoms with Crippen molar-refractivity contribution in [3.8, 4) is 0 Å². The van der Waals surface area contributed by atoms with Crippen molar-refractivity contribution in [2.24, 2.45) is 0 Å². The van der Waals surface area contributed by atoms with Crippen LogP contribution >= 0.6 is 11.3 Å². The van der Waals surface area contributed by atoms with Crippen molar-refractivity contribution in [1.29, 1.82) is 0 Å². The van der Waals surface area contributed by atoms with Crippen LogP contribution in [0.25, 0.3) is 0 Å². The Kier molecular flexibility index (Phi) is 3.86. The maximum Gasteiger partial charge on any atom is 0.354 e. The zero-order valence-corrected chi connectivity index (χ0v) is 10.9. The van der Waals surface area contributed by atoms with Crippen LogP contribution in [0.4, 0.5) is 5.69 Å². The zero-order valence-electron chi connectivity index (χ0n) is 10.1. The average molecular weight is 277 g/mol. The second-order valence-corrected chi connectivity index (χ2v) is 4.88. The molecule has 0 unspecified atom stereocenters. The number of carboxylic acids is 1. The first kappa shape index (κ1) is 13.2. The Bertz CT molecular complexity index is 607. The molecule has 19 heavy (non-hydrogen) atoms. The highest BCUT2D eigenvalue weighted by atomic mass is 32.1. The van der Waals surface area contributed by atoms with Crippen molar-refractivity contribution in [1.82, 2.24) is 9.97 Å². The lowest BCUT2D eigenvalue weighted by atomic mass is 10.3. The Hall–Kier alpha value is -2.28. The minimum atomic E-state index is -1.10. The molecule has 0 aromatic carbocycles. The molecule has 0 aliphatic heterocycles. The number of hydrogen-bond acceptors (Lipinski definition) is 5. The number of aromatic carboxylic acids is 1. The average Bonchev–Trinajstić information content (AvgIpc) is 2.75. The lowest BCUT2D eigenvalue weighted by molar-refractivity contribution is -0.115. The number of aromatic nitrogens is 2. The van der Waals surface area contributed by atoms with Gasteiger partial charge < -0.3 is 10.4 Å². The lowest BCUT2D eigenvalue weighted by Crippen LogP contribution is -2.15. The first-order chi connectivity index (χ1) is 9.04. The Morgan fingerprint density at radius 2 is 2.21 bits per heavy atom. The number of carboxylic acid groups (broad SMARTS) is 1. The van der Waals surface area contributed by atoms with E-state index in [1.54, 1.807) is 0 Å². The Labute approximate surface area is 113 Å². The van der Waals surface area contributed by atoms with Gasteiger partial charge in [-0.05, 0) is 19.1 Å². The molecule has 0 fully saturated rings. The predicted molar refractivity (Wildman–Crippen MR) is 70.4 cm³/mol. The maximum absolute atomic E-state index is 11.7. The molecule has 0 spiro atoms. The fourth-order valence-electron chi connectivity index (χ4n) is 1.45. The van der Waals surface area contributed by atoms with Gasteiger partial charge in [-0.25, -0.2) is 14.8 Å². The van der Waals surface area contributed by atoms with Crippen LogP contribution in [0.5, 0.6) is 0 Å². The summed E-state index contributed by atoms with van der Waals surface area (Å²) >= 11 is 1.49. The number of thiazole rings is 1. The van der Waals surface area contributed by atoms with E-state index in [0.29, 0.717) is 5.69 Å². The SMILES string of the molecule is Cc1nc(CC(=O)Nc2ccc(C(=O)O)nc2)cs1. The zero-order chi connectivity index (χ0) is 13.8. The van der Waals surface area contributed by atoms with Gasteiger partial charge in [0, 0.05) is 5.38 Å². The number of amides is 1. The molecule has 0 saturated heterocycles. The van der Waals surface area contributed by atoms with E-state index in [-0.39, 0.29) is 18.0 Å². The minimum Gasteiger partial charge on any atom is -0.477 e. The Balaban J connectivity index is 1.97. The van der Waals surface area contributed by atoms with Crippen molar-refractivity contribution < 1.29 is 14.7 Å². The van der Waals surface area contributed by atoms with Crippen molar-refractivity contribution in [3.63, 3.8) is 0 Å². The van der Waals surface area contributed by atoms with Crippen LogP contribution in [0.2, 0.25) is 0 Å². The number of nitrogens with zero attached hydrogens (tertiary/aromatic N) is 2. The molecule has 0 bridgehead atoms. The molecule has 98 valence electrons. The van der Waals surface area contributed by atoms with Gasteiger partial charge in [-0.1, -0.05) is 0 Å². The molecule has 0 aliphatic carbocycles. The number of aryl methyl sites for hydroxylation is 1. The van der Waals surface area contributed by atoms with Gasteiger partial charge in [0.15, 0.2) is 0 Å². The fourth-order valence-corrected chi connectivity index (χ4v) is 2.07. The Morgan fingerprint density at radius 1 is 1.42 bits per heavy atom. The summed E-state index contributed by atoms with van der Waals surface area (Å²) in [6, 6.07) is 2.84. The van der Waals surface area contributed by atoms with Crippen LogP contribution in [-0.4, -0.2) is 27.0 Å². The van der Waals surface area contributed by atoms with E-state index in [1.165, 1.54) is 29.7 Å². The number of rotatable bonds is 4. The molecule has 2 aromatic rings.